The molecule has 1 heterocycles. The lowest BCUT2D eigenvalue weighted by Crippen LogP contribution is -2.52. The minimum atomic E-state index is -0.908. The van der Waals surface area contributed by atoms with Crippen LogP contribution in [0.3, 0.4) is 0 Å². The number of anilines is 1. The van der Waals surface area contributed by atoms with Crippen LogP contribution in [0, 0.1) is 10.1 Å². The number of nitro groups is 1. The van der Waals surface area contributed by atoms with E-state index in [2.05, 4.69) is 10.7 Å². The third-order valence-corrected chi connectivity index (χ3v) is 5.31. The number of rotatable bonds is 4. The summed E-state index contributed by atoms with van der Waals surface area (Å²) in [6, 6.07) is 17.1. The van der Waals surface area contributed by atoms with Gasteiger partial charge < -0.3 is 5.32 Å². The van der Waals surface area contributed by atoms with Crippen molar-refractivity contribution in [2.75, 3.05) is 5.32 Å². The predicted octanol–water partition coefficient (Wildman–Crippen LogP) is 4.81. The van der Waals surface area contributed by atoms with Gasteiger partial charge >= 0.3 is 0 Å². The van der Waals surface area contributed by atoms with E-state index in [9.17, 15) is 19.7 Å². The normalized spacial score (nSPS) is 15.1. The molecule has 2 N–H and O–H groups in total. The Morgan fingerprint density at radius 2 is 1.77 bits per heavy atom. The Balaban J connectivity index is 1.75. The van der Waals surface area contributed by atoms with E-state index in [1.807, 2.05) is 0 Å². The molecule has 0 radical (unpaired) electrons. The van der Waals surface area contributed by atoms with Gasteiger partial charge in [-0.25, -0.2) is 5.01 Å². The summed E-state index contributed by atoms with van der Waals surface area (Å²) in [6.07, 6.45) is -0.908. The van der Waals surface area contributed by atoms with Crippen molar-refractivity contribution in [2.45, 2.75) is 6.17 Å². The molecule has 0 aliphatic carbocycles. The summed E-state index contributed by atoms with van der Waals surface area (Å²) in [5, 5.41) is 16.0. The van der Waals surface area contributed by atoms with Gasteiger partial charge in [0, 0.05) is 27.9 Å². The van der Waals surface area contributed by atoms with E-state index in [0.717, 1.165) is 5.01 Å². The van der Waals surface area contributed by atoms with Gasteiger partial charge in [-0.1, -0.05) is 41.4 Å². The first-order chi connectivity index (χ1) is 14.8. The van der Waals surface area contributed by atoms with Crippen LogP contribution in [0.2, 0.25) is 10.0 Å². The molecule has 156 valence electrons. The SMILES string of the molecule is O=C(NN1C(=O)c2ccccc2NC1c1ccc(Cl)c([N+](=O)[O-])c1)c1ccc(Cl)cc1. The Bertz CT molecular complexity index is 1200. The summed E-state index contributed by atoms with van der Waals surface area (Å²) in [4.78, 5) is 36.7. The van der Waals surface area contributed by atoms with Crippen molar-refractivity contribution >= 4 is 46.4 Å². The number of hydrogen-bond donors (Lipinski definition) is 2. The maximum absolute atomic E-state index is 13.2. The van der Waals surface area contributed by atoms with Gasteiger partial charge in [-0.3, -0.25) is 25.1 Å². The highest BCUT2D eigenvalue weighted by atomic mass is 35.5. The van der Waals surface area contributed by atoms with E-state index in [-0.39, 0.29) is 16.3 Å². The van der Waals surface area contributed by atoms with E-state index in [4.69, 9.17) is 23.2 Å². The molecule has 2 amide bonds. The highest BCUT2D eigenvalue weighted by molar-refractivity contribution is 6.32. The van der Waals surface area contributed by atoms with Crippen LogP contribution >= 0.6 is 23.2 Å². The molecule has 3 aromatic rings. The van der Waals surface area contributed by atoms with Crippen molar-refractivity contribution < 1.29 is 14.5 Å². The summed E-state index contributed by atoms with van der Waals surface area (Å²) in [5.41, 5.74) is 3.82. The summed E-state index contributed by atoms with van der Waals surface area (Å²) >= 11 is 11.8. The van der Waals surface area contributed by atoms with E-state index in [1.165, 1.54) is 24.3 Å². The minimum absolute atomic E-state index is 0.0342. The molecule has 4 rings (SSSR count). The summed E-state index contributed by atoms with van der Waals surface area (Å²) < 4.78 is 0. The molecule has 0 bridgehead atoms. The van der Waals surface area contributed by atoms with Crippen LogP contribution in [0.25, 0.3) is 0 Å². The number of benzene rings is 3. The molecule has 0 spiro atoms. The molecular formula is C21H14Cl2N4O4. The smallest absolute Gasteiger partial charge is 0.288 e. The molecule has 0 aromatic heterocycles. The summed E-state index contributed by atoms with van der Waals surface area (Å²) in [6.45, 7) is 0. The zero-order valence-corrected chi connectivity index (χ0v) is 17.2. The van der Waals surface area contributed by atoms with Gasteiger partial charge in [-0.05, 0) is 42.5 Å². The number of nitro benzene ring substituents is 1. The van der Waals surface area contributed by atoms with E-state index in [0.29, 0.717) is 21.8 Å². The Hall–Kier alpha value is -3.62. The second kappa shape index (κ2) is 8.25. The van der Waals surface area contributed by atoms with Crippen LogP contribution in [-0.4, -0.2) is 21.7 Å². The fourth-order valence-electron chi connectivity index (χ4n) is 3.22. The molecule has 0 fully saturated rings. The molecule has 0 saturated heterocycles. The molecule has 8 nitrogen and oxygen atoms in total. The van der Waals surface area contributed by atoms with E-state index >= 15 is 0 Å². The first kappa shape index (κ1) is 20.6. The highest BCUT2D eigenvalue weighted by Gasteiger charge is 2.35. The molecular weight excluding hydrogens is 443 g/mol. The summed E-state index contributed by atoms with van der Waals surface area (Å²) in [7, 11) is 0. The number of nitrogens with zero attached hydrogens (tertiary/aromatic N) is 2. The zero-order chi connectivity index (χ0) is 22.1. The van der Waals surface area contributed by atoms with E-state index < -0.39 is 22.9 Å². The maximum atomic E-state index is 13.2. The molecule has 1 atom stereocenters. The van der Waals surface area contributed by atoms with Crippen LogP contribution in [0.5, 0.6) is 0 Å². The van der Waals surface area contributed by atoms with Gasteiger partial charge in [-0.2, -0.15) is 0 Å². The van der Waals surface area contributed by atoms with Crippen LogP contribution < -0.4 is 10.7 Å². The maximum Gasteiger partial charge on any atom is 0.288 e. The van der Waals surface area contributed by atoms with Crippen molar-refractivity contribution in [3.05, 3.63) is 104 Å². The first-order valence-electron chi connectivity index (χ1n) is 9.04. The van der Waals surface area contributed by atoms with Crippen molar-refractivity contribution in [2.24, 2.45) is 0 Å². The zero-order valence-electron chi connectivity index (χ0n) is 15.7. The topological polar surface area (TPSA) is 105 Å². The van der Waals surface area contributed by atoms with E-state index in [1.54, 1.807) is 42.5 Å². The number of nitrogens with one attached hydrogen (secondary N) is 2. The third-order valence-electron chi connectivity index (χ3n) is 4.74. The Labute approximate surface area is 186 Å². The molecule has 0 saturated carbocycles. The largest absolute Gasteiger partial charge is 0.359 e. The van der Waals surface area contributed by atoms with Gasteiger partial charge in [0.05, 0.1) is 10.5 Å². The van der Waals surface area contributed by atoms with Gasteiger partial charge in [0.25, 0.3) is 17.5 Å². The van der Waals surface area contributed by atoms with Gasteiger partial charge in [-0.15, -0.1) is 0 Å². The molecule has 3 aromatic carbocycles. The number of carbonyl (C=O) groups is 2. The lowest BCUT2D eigenvalue weighted by molar-refractivity contribution is -0.384. The number of halogens is 2. The third kappa shape index (κ3) is 4.03. The fraction of sp³-hybridized carbons (Fsp3) is 0.0476. The molecule has 31 heavy (non-hydrogen) atoms. The monoisotopic (exact) mass is 456 g/mol. The number of amides is 2. The van der Waals surface area contributed by atoms with Crippen LogP contribution in [0.4, 0.5) is 11.4 Å². The number of hydrogen-bond acceptors (Lipinski definition) is 5. The number of hydrazine groups is 1. The van der Waals surface area contributed by atoms with Crippen LogP contribution in [-0.2, 0) is 0 Å². The number of carbonyl (C=O) groups excluding carboxylic acids is 2. The number of fused-ring (bicyclic) bond motifs is 1. The average Bonchev–Trinajstić information content (AvgIpc) is 2.76. The van der Waals surface area contributed by atoms with Crippen LogP contribution in [0.1, 0.15) is 32.4 Å². The van der Waals surface area contributed by atoms with Gasteiger partial charge in [0.2, 0.25) is 0 Å². The lowest BCUT2D eigenvalue weighted by atomic mass is 10.0. The van der Waals surface area contributed by atoms with Gasteiger partial charge in [0.1, 0.15) is 11.2 Å². The van der Waals surface area contributed by atoms with Crippen molar-refractivity contribution in [3.8, 4) is 0 Å². The molecule has 1 aliphatic rings. The van der Waals surface area contributed by atoms with Crippen molar-refractivity contribution in [3.63, 3.8) is 0 Å². The van der Waals surface area contributed by atoms with Crippen LogP contribution in [0.15, 0.2) is 66.7 Å². The predicted molar refractivity (Wildman–Crippen MR) is 116 cm³/mol. The standard InChI is InChI=1S/C21H14Cl2N4O4/c22-14-8-5-12(6-9-14)20(28)25-26-19(13-7-10-16(23)18(11-13)27(30)31)24-17-4-2-1-3-15(17)21(26)29/h1-11,19,24H,(H,25,28). The highest BCUT2D eigenvalue weighted by Crippen LogP contribution is 2.35. The Morgan fingerprint density at radius 1 is 1.06 bits per heavy atom. The quantitative estimate of drug-likeness (QED) is 0.432. The Morgan fingerprint density at radius 3 is 2.48 bits per heavy atom. The summed E-state index contributed by atoms with van der Waals surface area (Å²) in [5.74, 6) is -1.01. The lowest BCUT2D eigenvalue weighted by Gasteiger charge is -2.37. The molecule has 1 aliphatic heterocycles. The Kier molecular flexibility index (Phi) is 5.50. The second-order valence-corrected chi connectivity index (χ2v) is 7.53. The number of para-hydroxylation sites is 1. The molecule has 1 unspecified atom stereocenters. The van der Waals surface area contributed by atoms with Gasteiger partial charge in [0.15, 0.2) is 0 Å². The van der Waals surface area contributed by atoms with Crippen molar-refractivity contribution in [1.29, 1.82) is 0 Å². The first-order valence-corrected chi connectivity index (χ1v) is 9.80. The second-order valence-electron chi connectivity index (χ2n) is 6.68. The fourth-order valence-corrected chi connectivity index (χ4v) is 3.53. The average molecular weight is 457 g/mol. The van der Waals surface area contributed by atoms with Crippen molar-refractivity contribution in [1.82, 2.24) is 10.4 Å². The molecule has 10 heteroatoms. The minimum Gasteiger partial charge on any atom is -0.359 e.